The molecule has 1 aromatic heterocycles. The maximum Gasteiger partial charge on any atom is 0.0524 e. The highest BCUT2D eigenvalue weighted by molar-refractivity contribution is 5.08. The summed E-state index contributed by atoms with van der Waals surface area (Å²) in [7, 11) is 0. The van der Waals surface area contributed by atoms with E-state index in [4.69, 9.17) is 6.42 Å². The van der Waals surface area contributed by atoms with E-state index in [1.165, 1.54) is 5.56 Å². The molecule has 1 aromatic rings. The van der Waals surface area contributed by atoms with Crippen LogP contribution in [0.3, 0.4) is 0 Å². The van der Waals surface area contributed by atoms with E-state index in [1.54, 1.807) is 0 Å². The van der Waals surface area contributed by atoms with E-state index in [2.05, 4.69) is 31.1 Å². The van der Waals surface area contributed by atoms with Gasteiger partial charge >= 0.3 is 0 Å². The third kappa shape index (κ3) is 2.13. The van der Waals surface area contributed by atoms with Gasteiger partial charge in [0.15, 0.2) is 0 Å². The Morgan fingerprint density at radius 2 is 2.42 bits per heavy atom. The van der Waals surface area contributed by atoms with Crippen molar-refractivity contribution < 1.29 is 0 Å². The highest BCUT2D eigenvalue weighted by atomic mass is 15.3. The van der Waals surface area contributed by atoms with Gasteiger partial charge in [-0.2, -0.15) is 5.10 Å². The molecule has 1 heterocycles. The van der Waals surface area contributed by atoms with Gasteiger partial charge in [-0.05, 0) is 11.5 Å². The Hall–Kier alpha value is -1.23. The molecule has 0 aromatic carbocycles. The summed E-state index contributed by atoms with van der Waals surface area (Å²) >= 11 is 0. The SMILES string of the molecule is C#CCCn1cc(C(C)C)cn1. The zero-order valence-electron chi connectivity index (χ0n) is 7.62. The summed E-state index contributed by atoms with van der Waals surface area (Å²) in [6, 6.07) is 0. The van der Waals surface area contributed by atoms with E-state index in [1.807, 2.05) is 10.9 Å². The minimum atomic E-state index is 0.546. The molecule has 0 amide bonds. The quantitative estimate of drug-likeness (QED) is 0.622. The predicted molar refractivity (Wildman–Crippen MR) is 49.8 cm³/mol. The van der Waals surface area contributed by atoms with Gasteiger partial charge in [-0.25, -0.2) is 0 Å². The first-order valence-corrected chi connectivity index (χ1v) is 4.20. The highest BCUT2D eigenvalue weighted by Gasteiger charge is 2.01. The van der Waals surface area contributed by atoms with Crippen molar-refractivity contribution in [2.24, 2.45) is 0 Å². The largest absolute Gasteiger partial charge is 0.272 e. The van der Waals surface area contributed by atoms with Crippen molar-refractivity contribution in [2.75, 3.05) is 0 Å². The van der Waals surface area contributed by atoms with Crippen molar-refractivity contribution in [2.45, 2.75) is 32.7 Å². The first-order chi connectivity index (χ1) is 5.74. The Labute approximate surface area is 73.6 Å². The molecule has 0 atom stereocenters. The molecule has 0 spiro atoms. The van der Waals surface area contributed by atoms with Crippen LogP contribution >= 0.6 is 0 Å². The van der Waals surface area contributed by atoms with Gasteiger partial charge in [0.25, 0.3) is 0 Å². The molecule has 0 bridgehead atoms. The van der Waals surface area contributed by atoms with Crippen LogP contribution in [0, 0.1) is 12.3 Å². The summed E-state index contributed by atoms with van der Waals surface area (Å²) < 4.78 is 1.90. The maximum absolute atomic E-state index is 5.15. The molecular formula is C10H14N2. The van der Waals surface area contributed by atoms with Crippen LogP contribution in [0.25, 0.3) is 0 Å². The van der Waals surface area contributed by atoms with Gasteiger partial charge in [-0.1, -0.05) is 13.8 Å². The fourth-order valence-corrected chi connectivity index (χ4v) is 0.979. The molecule has 0 fully saturated rings. The number of hydrogen-bond acceptors (Lipinski definition) is 1. The molecular weight excluding hydrogens is 148 g/mol. The molecule has 0 radical (unpaired) electrons. The number of nitrogens with zero attached hydrogens (tertiary/aromatic N) is 2. The molecule has 0 saturated heterocycles. The monoisotopic (exact) mass is 162 g/mol. The van der Waals surface area contributed by atoms with Crippen LogP contribution in [0.2, 0.25) is 0 Å². The number of aryl methyl sites for hydroxylation is 1. The first kappa shape index (κ1) is 8.86. The first-order valence-electron chi connectivity index (χ1n) is 4.20. The molecule has 1 rings (SSSR count). The molecule has 64 valence electrons. The third-order valence-corrected chi connectivity index (χ3v) is 1.81. The molecule has 0 aliphatic heterocycles. The lowest BCUT2D eigenvalue weighted by Crippen LogP contribution is -1.96. The number of terminal acetylenes is 1. The van der Waals surface area contributed by atoms with E-state index < -0.39 is 0 Å². The standard InChI is InChI=1S/C10H14N2/c1-4-5-6-12-8-10(7-11-12)9(2)3/h1,7-9H,5-6H2,2-3H3. The Kier molecular flexibility index (Phi) is 2.93. The average molecular weight is 162 g/mol. The van der Waals surface area contributed by atoms with E-state index in [9.17, 15) is 0 Å². The van der Waals surface area contributed by atoms with Gasteiger partial charge in [0.05, 0.1) is 12.7 Å². The summed E-state index contributed by atoms with van der Waals surface area (Å²) in [5.41, 5.74) is 1.27. The lowest BCUT2D eigenvalue weighted by atomic mass is 10.1. The van der Waals surface area contributed by atoms with Crippen LogP contribution in [0.15, 0.2) is 12.4 Å². The summed E-state index contributed by atoms with van der Waals surface area (Å²) in [4.78, 5) is 0. The molecule has 2 heteroatoms. The van der Waals surface area contributed by atoms with Gasteiger partial charge in [0.2, 0.25) is 0 Å². The fraction of sp³-hybridized carbons (Fsp3) is 0.500. The zero-order valence-corrected chi connectivity index (χ0v) is 7.62. The second-order valence-corrected chi connectivity index (χ2v) is 3.15. The molecule has 0 N–H and O–H groups in total. The van der Waals surface area contributed by atoms with Gasteiger partial charge in [0.1, 0.15) is 0 Å². The van der Waals surface area contributed by atoms with E-state index in [-0.39, 0.29) is 0 Å². The van der Waals surface area contributed by atoms with E-state index in [0.717, 1.165) is 13.0 Å². The van der Waals surface area contributed by atoms with Crippen LogP contribution in [0.5, 0.6) is 0 Å². The molecule has 2 nitrogen and oxygen atoms in total. The second-order valence-electron chi connectivity index (χ2n) is 3.15. The number of rotatable bonds is 3. The fourth-order valence-electron chi connectivity index (χ4n) is 0.979. The zero-order chi connectivity index (χ0) is 8.97. The topological polar surface area (TPSA) is 17.8 Å². The van der Waals surface area contributed by atoms with Crippen molar-refractivity contribution in [1.29, 1.82) is 0 Å². The summed E-state index contributed by atoms with van der Waals surface area (Å²) in [6.07, 6.45) is 9.86. The van der Waals surface area contributed by atoms with Gasteiger partial charge < -0.3 is 0 Å². The number of aromatic nitrogens is 2. The van der Waals surface area contributed by atoms with Gasteiger partial charge in [-0.15, -0.1) is 12.3 Å². The van der Waals surface area contributed by atoms with Crippen LogP contribution in [0.1, 0.15) is 31.7 Å². The number of hydrogen-bond donors (Lipinski definition) is 0. The Balaban J connectivity index is 2.59. The molecule has 0 aliphatic carbocycles. The predicted octanol–water partition coefficient (Wildman–Crippen LogP) is 2.03. The molecule has 0 saturated carbocycles. The maximum atomic E-state index is 5.15. The summed E-state index contributed by atoms with van der Waals surface area (Å²) in [6.45, 7) is 5.13. The van der Waals surface area contributed by atoms with Crippen molar-refractivity contribution in [3.63, 3.8) is 0 Å². The van der Waals surface area contributed by atoms with Crippen molar-refractivity contribution in [3.8, 4) is 12.3 Å². The minimum Gasteiger partial charge on any atom is -0.272 e. The summed E-state index contributed by atoms with van der Waals surface area (Å²) in [5.74, 6) is 3.14. The summed E-state index contributed by atoms with van der Waals surface area (Å²) in [5, 5.41) is 4.20. The van der Waals surface area contributed by atoms with Crippen molar-refractivity contribution in [3.05, 3.63) is 18.0 Å². The van der Waals surface area contributed by atoms with Gasteiger partial charge in [0, 0.05) is 12.6 Å². The Morgan fingerprint density at radius 3 is 2.92 bits per heavy atom. The second kappa shape index (κ2) is 3.96. The van der Waals surface area contributed by atoms with Gasteiger partial charge in [-0.3, -0.25) is 4.68 Å². The lowest BCUT2D eigenvalue weighted by molar-refractivity contribution is 0.629. The Morgan fingerprint density at radius 1 is 1.67 bits per heavy atom. The van der Waals surface area contributed by atoms with Crippen molar-refractivity contribution in [1.82, 2.24) is 9.78 Å². The Bertz CT molecular complexity index is 278. The van der Waals surface area contributed by atoms with Crippen LogP contribution in [0.4, 0.5) is 0 Å². The molecule has 0 aliphatic rings. The normalized spacial score (nSPS) is 10.2. The molecule has 12 heavy (non-hydrogen) atoms. The van der Waals surface area contributed by atoms with E-state index >= 15 is 0 Å². The van der Waals surface area contributed by atoms with Crippen LogP contribution in [-0.2, 0) is 6.54 Å². The minimum absolute atomic E-state index is 0.546. The highest BCUT2D eigenvalue weighted by Crippen LogP contribution is 2.11. The smallest absolute Gasteiger partial charge is 0.0524 e. The lowest BCUT2D eigenvalue weighted by Gasteiger charge is -1.98. The van der Waals surface area contributed by atoms with Crippen LogP contribution < -0.4 is 0 Å². The van der Waals surface area contributed by atoms with Crippen LogP contribution in [-0.4, -0.2) is 9.78 Å². The van der Waals surface area contributed by atoms with E-state index in [0.29, 0.717) is 5.92 Å². The van der Waals surface area contributed by atoms with Crippen molar-refractivity contribution >= 4 is 0 Å². The molecule has 0 unspecified atom stereocenters. The third-order valence-electron chi connectivity index (χ3n) is 1.81. The average Bonchev–Trinajstić information content (AvgIpc) is 2.48.